The number of anilines is 1. The molecular formula is C13H24N4O3S. The van der Waals surface area contributed by atoms with E-state index in [2.05, 4.69) is 9.82 Å². The van der Waals surface area contributed by atoms with Gasteiger partial charge in [-0.25, -0.2) is 13.1 Å². The van der Waals surface area contributed by atoms with Gasteiger partial charge in [-0.2, -0.15) is 5.10 Å². The number of aromatic nitrogens is 2. The van der Waals surface area contributed by atoms with Gasteiger partial charge in [-0.3, -0.25) is 4.68 Å². The van der Waals surface area contributed by atoms with Crippen LogP contribution in [0.25, 0.3) is 0 Å². The Morgan fingerprint density at radius 3 is 2.95 bits per heavy atom. The smallest absolute Gasteiger partial charge is 0.245 e. The Morgan fingerprint density at radius 1 is 1.52 bits per heavy atom. The highest BCUT2D eigenvalue weighted by Crippen LogP contribution is 2.23. The average molecular weight is 316 g/mol. The molecule has 1 fully saturated rings. The van der Waals surface area contributed by atoms with E-state index in [9.17, 15) is 8.42 Å². The van der Waals surface area contributed by atoms with E-state index in [1.165, 1.54) is 6.20 Å². The summed E-state index contributed by atoms with van der Waals surface area (Å²) in [5.74, 6) is 0.266. The topological polar surface area (TPSA) is 99.2 Å². The Balaban J connectivity index is 2.04. The lowest BCUT2D eigenvalue weighted by atomic mass is 10.0. The van der Waals surface area contributed by atoms with Crippen LogP contribution in [-0.2, 0) is 21.3 Å². The van der Waals surface area contributed by atoms with Crippen LogP contribution in [0.4, 0.5) is 5.82 Å². The minimum atomic E-state index is -3.62. The number of nitrogens with two attached hydrogens (primary N) is 1. The first-order valence-electron chi connectivity index (χ1n) is 7.42. The van der Waals surface area contributed by atoms with Gasteiger partial charge >= 0.3 is 0 Å². The maximum Gasteiger partial charge on any atom is 0.245 e. The molecular weight excluding hydrogens is 292 g/mol. The molecule has 2 unspecified atom stereocenters. The second-order valence-electron chi connectivity index (χ2n) is 5.36. The summed E-state index contributed by atoms with van der Waals surface area (Å²) in [6.07, 6.45) is 4.26. The summed E-state index contributed by atoms with van der Waals surface area (Å²) < 4.78 is 34.4. The molecule has 2 atom stereocenters. The molecule has 0 amide bonds. The first-order chi connectivity index (χ1) is 9.97. The van der Waals surface area contributed by atoms with Crippen LogP contribution in [0.1, 0.15) is 33.1 Å². The van der Waals surface area contributed by atoms with Gasteiger partial charge in [0, 0.05) is 31.8 Å². The van der Waals surface area contributed by atoms with Crippen molar-refractivity contribution < 1.29 is 13.2 Å². The molecule has 0 saturated carbocycles. The second kappa shape index (κ2) is 6.76. The van der Waals surface area contributed by atoms with Crippen LogP contribution in [0, 0.1) is 5.92 Å². The Morgan fingerprint density at radius 2 is 2.29 bits per heavy atom. The third-order valence-electron chi connectivity index (χ3n) is 3.78. The quantitative estimate of drug-likeness (QED) is 0.781. The van der Waals surface area contributed by atoms with E-state index in [-0.39, 0.29) is 22.7 Å². The number of nitrogen functional groups attached to an aromatic ring is 1. The number of nitrogens with one attached hydrogen (secondary N) is 1. The van der Waals surface area contributed by atoms with Gasteiger partial charge in [0.25, 0.3) is 0 Å². The molecule has 3 N–H and O–H groups in total. The molecule has 120 valence electrons. The van der Waals surface area contributed by atoms with E-state index >= 15 is 0 Å². The van der Waals surface area contributed by atoms with Crippen LogP contribution in [-0.4, -0.2) is 37.5 Å². The second-order valence-corrected chi connectivity index (χ2v) is 7.10. The first-order valence-corrected chi connectivity index (χ1v) is 8.90. The fraction of sp³-hybridized carbons (Fsp3) is 0.769. The minimum absolute atomic E-state index is 0.0469. The van der Waals surface area contributed by atoms with Crippen LogP contribution < -0.4 is 10.5 Å². The lowest BCUT2D eigenvalue weighted by Crippen LogP contribution is -2.32. The maximum atomic E-state index is 12.3. The van der Waals surface area contributed by atoms with Crippen LogP contribution in [0.2, 0.25) is 0 Å². The van der Waals surface area contributed by atoms with Crippen LogP contribution in [0.5, 0.6) is 0 Å². The summed E-state index contributed by atoms with van der Waals surface area (Å²) in [7, 11) is -3.62. The normalized spacial score (nSPS) is 22.8. The highest BCUT2D eigenvalue weighted by atomic mass is 32.2. The zero-order valence-electron chi connectivity index (χ0n) is 12.6. The van der Waals surface area contributed by atoms with E-state index in [0.717, 1.165) is 19.3 Å². The Labute approximate surface area is 125 Å². The standard InChI is InChI=1S/C13H24N4O3S/c1-3-6-17-9-12(13(14)16-17)21(18,19)15-8-10-5-7-20-11(10)4-2/h9-11,15H,3-8H2,1-2H3,(H2,14,16). The van der Waals surface area contributed by atoms with E-state index in [4.69, 9.17) is 10.5 Å². The van der Waals surface area contributed by atoms with Crippen molar-refractivity contribution in [1.82, 2.24) is 14.5 Å². The van der Waals surface area contributed by atoms with Gasteiger partial charge in [0.15, 0.2) is 5.82 Å². The third kappa shape index (κ3) is 3.75. The van der Waals surface area contributed by atoms with Crippen molar-refractivity contribution in [3.05, 3.63) is 6.20 Å². The molecule has 7 nitrogen and oxygen atoms in total. The Bertz CT molecular complexity index is 570. The molecule has 0 bridgehead atoms. The molecule has 2 heterocycles. The van der Waals surface area contributed by atoms with Crippen LogP contribution in [0.3, 0.4) is 0 Å². The van der Waals surface area contributed by atoms with Crippen molar-refractivity contribution in [1.29, 1.82) is 0 Å². The van der Waals surface area contributed by atoms with E-state index in [1.54, 1.807) is 4.68 Å². The highest BCUT2D eigenvalue weighted by Gasteiger charge is 2.29. The Hall–Kier alpha value is -1.12. The van der Waals surface area contributed by atoms with Crippen molar-refractivity contribution in [3.8, 4) is 0 Å². The molecule has 2 rings (SSSR count). The predicted octanol–water partition coefficient (Wildman–Crippen LogP) is 0.969. The SMILES string of the molecule is CCCn1cc(S(=O)(=O)NCC2CCOC2CC)c(N)n1. The molecule has 0 radical (unpaired) electrons. The summed E-state index contributed by atoms with van der Waals surface area (Å²) in [5.41, 5.74) is 5.72. The number of hydrogen-bond acceptors (Lipinski definition) is 5. The molecule has 0 aliphatic carbocycles. The zero-order valence-corrected chi connectivity index (χ0v) is 13.4. The molecule has 1 aliphatic heterocycles. The predicted molar refractivity (Wildman–Crippen MR) is 80.3 cm³/mol. The summed E-state index contributed by atoms with van der Waals surface area (Å²) in [6, 6.07) is 0. The van der Waals surface area contributed by atoms with Gasteiger partial charge in [0.05, 0.1) is 6.10 Å². The van der Waals surface area contributed by atoms with Gasteiger partial charge in [0.2, 0.25) is 10.0 Å². The summed E-state index contributed by atoms with van der Waals surface area (Å²) in [5, 5.41) is 4.03. The van der Waals surface area contributed by atoms with Crippen molar-refractivity contribution >= 4 is 15.8 Å². The maximum absolute atomic E-state index is 12.3. The summed E-state index contributed by atoms with van der Waals surface area (Å²) >= 11 is 0. The van der Waals surface area contributed by atoms with Crippen molar-refractivity contribution in [2.45, 2.75) is 50.7 Å². The summed E-state index contributed by atoms with van der Waals surface area (Å²) in [6.45, 7) is 5.76. The van der Waals surface area contributed by atoms with Gasteiger partial charge < -0.3 is 10.5 Å². The number of sulfonamides is 1. The Kier molecular flexibility index (Phi) is 5.23. The number of aryl methyl sites for hydroxylation is 1. The van der Waals surface area contributed by atoms with Gasteiger partial charge in [-0.15, -0.1) is 0 Å². The van der Waals surface area contributed by atoms with E-state index < -0.39 is 10.0 Å². The number of hydrogen-bond donors (Lipinski definition) is 2. The van der Waals surface area contributed by atoms with E-state index in [0.29, 0.717) is 19.7 Å². The number of ether oxygens (including phenoxy) is 1. The third-order valence-corrected chi connectivity index (χ3v) is 5.22. The van der Waals surface area contributed by atoms with E-state index in [1.807, 2.05) is 13.8 Å². The fourth-order valence-corrected chi connectivity index (χ4v) is 3.81. The molecule has 1 aromatic heterocycles. The molecule has 0 aromatic carbocycles. The first kappa shape index (κ1) is 16.3. The lowest BCUT2D eigenvalue weighted by Gasteiger charge is -2.17. The molecule has 8 heteroatoms. The summed E-state index contributed by atoms with van der Waals surface area (Å²) in [4.78, 5) is 0.0583. The molecule has 1 aromatic rings. The van der Waals surface area contributed by atoms with Crippen molar-refractivity contribution in [2.75, 3.05) is 18.9 Å². The van der Waals surface area contributed by atoms with Crippen molar-refractivity contribution in [3.63, 3.8) is 0 Å². The minimum Gasteiger partial charge on any atom is -0.381 e. The van der Waals surface area contributed by atoms with Gasteiger partial charge in [-0.1, -0.05) is 13.8 Å². The molecule has 21 heavy (non-hydrogen) atoms. The monoisotopic (exact) mass is 316 g/mol. The molecule has 1 saturated heterocycles. The number of nitrogens with zero attached hydrogens (tertiary/aromatic N) is 2. The molecule has 1 aliphatic rings. The zero-order chi connectivity index (χ0) is 15.5. The van der Waals surface area contributed by atoms with Gasteiger partial charge in [0.1, 0.15) is 4.90 Å². The molecule has 0 spiro atoms. The van der Waals surface area contributed by atoms with Crippen molar-refractivity contribution in [2.24, 2.45) is 5.92 Å². The van der Waals surface area contributed by atoms with Gasteiger partial charge in [-0.05, 0) is 19.3 Å². The largest absolute Gasteiger partial charge is 0.381 e. The fourth-order valence-electron chi connectivity index (χ4n) is 2.64. The highest BCUT2D eigenvalue weighted by molar-refractivity contribution is 7.89. The van der Waals surface area contributed by atoms with Crippen LogP contribution in [0.15, 0.2) is 11.1 Å². The number of rotatable bonds is 7. The average Bonchev–Trinajstić information content (AvgIpc) is 3.03. The van der Waals surface area contributed by atoms with Crippen LogP contribution >= 0.6 is 0 Å². The lowest BCUT2D eigenvalue weighted by molar-refractivity contribution is 0.0884.